The molecule has 0 aromatic carbocycles. The van der Waals surface area contributed by atoms with Gasteiger partial charge in [-0.2, -0.15) is 0 Å². The lowest BCUT2D eigenvalue weighted by molar-refractivity contribution is 0.257. The van der Waals surface area contributed by atoms with Crippen LogP contribution in [0.15, 0.2) is 24.7 Å². The standard InChI is InChI=1S/C14H28O2Si/c1-7-9-11-17(12-10-8-2,15-13(3)4)16-14(5)6/h3,5,7-12H2,1-2,4,6H3. The summed E-state index contributed by atoms with van der Waals surface area (Å²) in [4.78, 5) is 0. The Hall–Kier alpha value is -0.703. The first-order valence-corrected chi connectivity index (χ1v) is 8.88. The van der Waals surface area contributed by atoms with Crippen LogP contribution in [-0.4, -0.2) is 8.56 Å². The zero-order valence-corrected chi connectivity index (χ0v) is 13.0. The van der Waals surface area contributed by atoms with E-state index in [9.17, 15) is 0 Å². The molecule has 0 heterocycles. The molecule has 100 valence electrons. The van der Waals surface area contributed by atoms with Gasteiger partial charge in [0.25, 0.3) is 0 Å². The molecule has 0 aliphatic rings. The van der Waals surface area contributed by atoms with Crippen molar-refractivity contribution in [1.82, 2.24) is 0 Å². The summed E-state index contributed by atoms with van der Waals surface area (Å²) in [6.45, 7) is 15.9. The van der Waals surface area contributed by atoms with Crippen molar-refractivity contribution >= 4 is 8.56 Å². The summed E-state index contributed by atoms with van der Waals surface area (Å²) >= 11 is 0. The second-order valence-electron chi connectivity index (χ2n) is 4.73. The van der Waals surface area contributed by atoms with Crippen LogP contribution in [0.5, 0.6) is 0 Å². The van der Waals surface area contributed by atoms with Crippen LogP contribution >= 0.6 is 0 Å². The van der Waals surface area contributed by atoms with E-state index in [2.05, 4.69) is 27.0 Å². The van der Waals surface area contributed by atoms with E-state index in [0.29, 0.717) is 0 Å². The third-order valence-electron chi connectivity index (χ3n) is 2.54. The van der Waals surface area contributed by atoms with Gasteiger partial charge in [-0.25, -0.2) is 0 Å². The minimum atomic E-state index is -2.16. The van der Waals surface area contributed by atoms with Crippen molar-refractivity contribution < 1.29 is 8.85 Å². The van der Waals surface area contributed by atoms with Crippen LogP contribution in [0.1, 0.15) is 53.4 Å². The summed E-state index contributed by atoms with van der Waals surface area (Å²) < 4.78 is 12.0. The van der Waals surface area contributed by atoms with Crippen LogP contribution in [0.4, 0.5) is 0 Å². The second-order valence-corrected chi connectivity index (χ2v) is 7.96. The zero-order chi connectivity index (χ0) is 13.3. The Labute approximate surface area is 108 Å². The lowest BCUT2D eigenvalue weighted by Crippen LogP contribution is -2.41. The molecule has 2 nitrogen and oxygen atoms in total. The molecule has 0 saturated carbocycles. The molecule has 0 aliphatic carbocycles. The van der Waals surface area contributed by atoms with Gasteiger partial charge in [-0.3, -0.25) is 0 Å². The van der Waals surface area contributed by atoms with Crippen molar-refractivity contribution in [2.75, 3.05) is 0 Å². The van der Waals surface area contributed by atoms with Crippen LogP contribution < -0.4 is 0 Å². The van der Waals surface area contributed by atoms with E-state index in [0.717, 1.165) is 36.4 Å². The first-order valence-electron chi connectivity index (χ1n) is 6.64. The van der Waals surface area contributed by atoms with Crippen molar-refractivity contribution in [3.63, 3.8) is 0 Å². The fraction of sp³-hybridized carbons (Fsp3) is 0.714. The van der Waals surface area contributed by atoms with Gasteiger partial charge in [0.15, 0.2) is 0 Å². The number of hydrogen-bond acceptors (Lipinski definition) is 2. The Morgan fingerprint density at radius 3 is 1.47 bits per heavy atom. The smallest absolute Gasteiger partial charge is 0.459 e. The van der Waals surface area contributed by atoms with E-state index in [1.54, 1.807) is 0 Å². The average molecular weight is 256 g/mol. The van der Waals surface area contributed by atoms with Gasteiger partial charge >= 0.3 is 8.56 Å². The number of unbranched alkanes of at least 4 members (excludes halogenated alkanes) is 2. The molecule has 0 fully saturated rings. The van der Waals surface area contributed by atoms with E-state index >= 15 is 0 Å². The normalized spacial score (nSPS) is 11.1. The third kappa shape index (κ3) is 7.26. The lowest BCUT2D eigenvalue weighted by atomic mass is 10.4. The maximum absolute atomic E-state index is 6.01. The van der Waals surface area contributed by atoms with E-state index in [-0.39, 0.29) is 0 Å². The molecule has 0 rings (SSSR count). The minimum absolute atomic E-state index is 0.769. The highest BCUT2D eigenvalue weighted by Gasteiger charge is 2.40. The number of hydrogen-bond donors (Lipinski definition) is 0. The minimum Gasteiger partial charge on any atom is -0.517 e. The van der Waals surface area contributed by atoms with Crippen LogP contribution in [0.2, 0.25) is 12.1 Å². The Kier molecular flexibility index (Phi) is 8.05. The highest BCUT2D eigenvalue weighted by molar-refractivity contribution is 6.68. The van der Waals surface area contributed by atoms with Gasteiger partial charge in [0.05, 0.1) is 11.5 Å². The van der Waals surface area contributed by atoms with Gasteiger partial charge < -0.3 is 8.85 Å². The average Bonchev–Trinajstić information content (AvgIpc) is 2.22. The molecule has 0 aromatic rings. The van der Waals surface area contributed by atoms with E-state index < -0.39 is 8.56 Å². The van der Waals surface area contributed by atoms with E-state index in [1.807, 2.05) is 13.8 Å². The molecule has 3 heteroatoms. The molecule has 0 saturated heterocycles. The zero-order valence-electron chi connectivity index (χ0n) is 12.0. The molecule has 0 aliphatic heterocycles. The summed E-state index contributed by atoms with van der Waals surface area (Å²) in [5.74, 6) is 1.54. The number of allylic oxidation sites excluding steroid dienone is 2. The highest BCUT2D eigenvalue weighted by Crippen LogP contribution is 2.28. The Morgan fingerprint density at radius 2 is 1.24 bits per heavy atom. The van der Waals surface area contributed by atoms with Gasteiger partial charge in [-0.1, -0.05) is 39.8 Å². The predicted molar refractivity (Wildman–Crippen MR) is 77.0 cm³/mol. The van der Waals surface area contributed by atoms with Gasteiger partial charge in [0.2, 0.25) is 0 Å². The molecule has 0 atom stereocenters. The molecule has 0 aromatic heterocycles. The summed E-state index contributed by atoms with van der Waals surface area (Å²) in [5, 5.41) is 0. The Bertz CT molecular complexity index is 223. The predicted octanol–water partition coefficient (Wildman–Crippen LogP) is 5.13. The third-order valence-corrected chi connectivity index (χ3v) is 6.21. The fourth-order valence-electron chi connectivity index (χ4n) is 1.88. The monoisotopic (exact) mass is 256 g/mol. The van der Waals surface area contributed by atoms with E-state index in [1.165, 1.54) is 12.8 Å². The molecule has 0 radical (unpaired) electrons. The first-order chi connectivity index (χ1) is 7.95. The molecule has 0 amide bonds. The van der Waals surface area contributed by atoms with Gasteiger partial charge in [-0.15, -0.1) is 0 Å². The highest BCUT2D eigenvalue weighted by atomic mass is 28.4. The second kappa shape index (κ2) is 8.40. The van der Waals surface area contributed by atoms with Crippen LogP contribution in [0, 0.1) is 0 Å². The van der Waals surface area contributed by atoms with Crippen molar-refractivity contribution in [3.05, 3.63) is 24.7 Å². The largest absolute Gasteiger partial charge is 0.517 e. The Balaban J connectivity index is 4.75. The quantitative estimate of drug-likeness (QED) is 0.398. The molecular weight excluding hydrogens is 228 g/mol. The summed E-state index contributed by atoms with van der Waals surface area (Å²) in [7, 11) is -2.16. The van der Waals surface area contributed by atoms with Crippen molar-refractivity contribution in [2.45, 2.75) is 65.5 Å². The molecule has 17 heavy (non-hydrogen) atoms. The van der Waals surface area contributed by atoms with Gasteiger partial charge in [0, 0.05) is 12.1 Å². The SMILES string of the molecule is C=C(C)O[Si](CCCC)(CCCC)OC(=C)C. The van der Waals surface area contributed by atoms with Crippen LogP contribution in [0.3, 0.4) is 0 Å². The lowest BCUT2D eigenvalue weighted by Gasteiger charge is -2.32. The maximum Gasteiger partial charge on any atom is 0.459 e. The molecular formula is C14H28O2Si. The molecule has 0 N–H and O–H groups in total. The van der Waals surface area contributed by atoms with Crippen LogP contribution in [-0.2, 0) is 8.85 Å². The topological polar surface area (TPSA) is 18.5 Å². The first kappa shape index (κ1) is 16.3. The van der Waals surface area contributed by atoms with Crippen LogP contribution in [0.25, 0.3) is 0 Å². The van der Waals surface area contributed by atoms with Crippen molar-refractivity contribution in [1.29, 1.82) is 0 Å². The summed E-state index contributed by atoms with van der Waals surface area (Å²) in [6, 6.07) is 2.06. The summed E-state index contributed by atoms with van der Waals surface area (Å²) in [5.41, 5.74) is 0. The van der Waals surface area contributed by atoms with Gasteiger partial charge in [-0.05, 0) is 26.7 Å². The molecule has 0 bridgehead atoms. The van der Waals surface area contributed by atoms with Crippen molar-refractivity contribution in [3.8, 4) is 0 Å². The molecule has 0 spiro atoms. The van der Waals surface area contributed by atoms with E-state index in [4.69, 9.17) is 8.85 Å². The number of rotatable bonds is 10. The molecule has 0 unspecified atom stereocenters. The Morgan fingerprint density at radius 1 is 0.882 bits per heavy atom. The van der Waals surface area contributed by atoms with Gasteiger partial charge in [0.1, 0.15) is 0 Å². The summed E-state index contributed by atoms with van der Waals surface area (Å²) in [6.07, 6.45) is 4.63. The van der Waals surface area contributed by atoms with Crippen molar-refractivity contribution in [2.24, 2.45) is 0 Å². The fourth-order valence-corrected chi connectivity index (χ4v) is 5.63. The maximum atomic E-state index is 6.01.